The molecule has 4 nitrogen and oxygen atoms in total. The molecule has 0 spiro atoms. The molecule has 0 amide bonds. The van der Waals surface area contributed by atoms with Gasteiger partial charge in [-0.3, -0.25) is 0 Å². The molecule has 1 radical (unpaired) electrons. The summed E-state index contributed by atoms with van der Waals surface area (Å²) in [5.74, 6) is -1.09. The second-order valence-electron chi connectivity index (χ2n) is 7.54. The molecule has 0 aliphatic rings. The smallest absolute Gasteiger partial charge is 0.550 e. The van der Waals surface area contributed by atoms with Crippen molar-refractivity contribution < 1.29 is 36.9 Å². The van der Waals surface area contributed by atoms with Gasteiger partial charge in [0.2, 0.25) is 0 Å². The van der Waals surface area contributed by atoms with Gasteiger partial charge < -0.3 is 19.8 Å². The van der Waals surface area contributed by atoms with Crippen LogP contribution in [-0.2, 0) is 26.7 Å². The van der Waals surface area contributed by atoms with Gasteiger partial charge in [0, 0.05) is 22.8 Å². The van der Waals surface area contributed by atoms with Crippen molar-refractivity contribution in [1.82, 2.24) is 0 Å². The van der Waals surface area contributed by atoms with Crippen LogP contribution in [0.2, 0.25) is 0 Å². The maximum atomic E-state index is 10.4. The van der Waals surface area contributed by atoms with Crippen LogP contribution in [0.5, 0.6) is 0 Å². The Bertz CT molecular complexity index is 288. The largest absolute Gasteiger partial charge is 2.00 e. The van der Waals surface area contributed by atoms with Crippen molar-refractivity contribution in [3.8, 4) is 0 Å². The molecule has 129 valence electrons. The van der Waals surface area contributed by atoms with Crippen LogP contribution in [0, 0.1) is 22.7 Å². The van der Waals surface area contributed by atoms with Crippen LogP contribution in [0.25, 0.3) is 0 Å². The molecule has 0 unspecified atom stereocenters. The van der Waals surface area contributed by atoms with E-state index in [2.05, 4.69) is 0 Å². The van der Waals surface area contributed by atoms with Crippen molar-refractivity contribution in [3.63, 3.8) is 0 Å². The predicted molar refractivity (Wildman–Crippen MR) is 76.5 cm³/mol. The summed E-state index contributed by atoms with van der Waals surface area (Å²) >= 11 is 0. The van der Waals surface area contributed by atoms with Gasteiger partial charge in [-0.15, -0.1) is 0 Å². The number of carbonyl (C=O) groups excluding carboxylic acids is 2. The maximum Gasteiger partial charge on any atom is 2.00 e. The van der Waals surface area contributed by atoms with E-state index >= 15 is 0 Å². The van der Waals surface area contributed by atoms with Gasteiger partial charge in [-0.2, -0.15) is 0 Å². The van der Waals surface area contributed by atoms with Crippen molar-refractivity contribution in [1.29, 1.82) is 0 Å². The second-order valence-corrected chi connectivity index (χ2v) is 7.54. The van der Waals surface area contributed by atoms with Gasteiger partial charge in [0.25, 0.3) is 0 Å². The van der Waals surface area contributed by atoms with E-state index < -0.39 is 22.8 Å². The van der Waals surface area contributed by atoms with E-state index in [9.17, 15) is 19.8 Å². The Hall–Kier alpha value is -0.541. The number of carboxylic acids is 2. The third-order valence-corrected chi connectivity index (χ3v) is 2.94. The van der Waals surface area contributed by atoms with Crippen LogP contribution in [-0.4, -0.2) is 11.9 Å². The van der Waals surface area contributed by atoms with Gasteiger partial charge in [-0.25, -0.2) is 0 Å². The van der Waals surface area contributed by atoms with Crippen molar-refractivity contribution in [2.75, 3.05) is 0 Å². The number of hydrogen-bond acceptors (Lipinski definition) is 4. The Kier molecular flexibility index (Phi) is 12.4. The minimum atomic E-state index is -0.957. The van der Waals surface area contributed by atoms with Crippen LogP contribution in [0.4, 0.5) is 0 Å². The van der Waals surface area contributed by atoms with E-state index in [1.807, 2.05) is 27.7 Å². The molecule has 21 heavy (non-hydrogen) atoms. The molecular weight excluding hydrogens is 320 g/mol. The maximum absolute atomic E-state index is 10.4. The quantitative estimate of drug-likeness (QED) is 0.682. The van der Waals surface area contributed by atoms with Gasteiger partial charge in [-0.05, 0) is 24.7 Å². The third kappa shape index (κ3) is 12.9. The number of rotatable bonds is 6. The average Bonchev–Trinajstić information content (AvgIpc) is 2.13. The minimum absolute atomic E-state index is 0. The first-order valence-electron chi connectivity index (χ1n) is 7.15. The number of carboxylic acid groups (broad SMARTS) is 2. The summed E-state index contributed by atoms with van der Waals surface area (Å²) in [4.78, 5) is 20.9. The molecule has 0 aliphatic carbocycles. The Morgan fingerprint density at radius 1 is 0.762 bits per heavy atom. The summed E-state index contributed by atoms with van der Waals surface area (Å²) in [5.41, 5.74) is -1.34. The fraction of sp³-hybridized carbons (Fsp3) is 0.875. The van der Waals surface area contributed by atoms with Crippen LogP contribution in [0.1, 0.15) is 68.2 Å². The van der Waals surface area contributed by atoms with E-state index in [0.717, 1.165) is 0 Å². The Morgan fingerprint density at radius 2 is 0.952 bits per heavy atom. The molecule has 0 bridgehead atoms. The predicted octanol–water partition coefficient (Wildman–Crippen LogP) is 1.61. The summed E-state index contributed by atoms with van der Waals surface area (Å²) < 4.78 is 0. The first kappa shape index (κ1) is 25.4. The summed E-state index contributed by atoms with van der Waals surface area (Å²) in [5, 5.41) is 20.9. The van der Waals surface area contributed by atoms with Crippen molar-refractivity contribution in [2.24, 2.45) is 22.7 Å². The van der Waals surface area contributed by atoms with E-state index in [1.54, 1.807) is 27.7 Å². The summed E-state index contributed by atoms with van der Waals surface area (Å²) in [7, 11) is 0. The Morgan fingerprint density at radius 3 is 1.00 bits per heavy atom. The van der Waals surface area contributed by atoms with Gasteiger partial charge in [0.1, 0.15) is 0 Å². The zero-order valence-electron chi connectivity index (χ0n) is 14.5. The standard InChI is InChI=1S/2C8H16O2.Cu/c2*1-6(2)5-8(3,4)7(9)10;/h2*6H,5H2,1-4H3,(H,9,10);/q;;+2/p-2. The fourth-order valence-corrected chi connectivity index (χ4v) is 2.21. The Labute approximate surface area is 140 Å². The molecule has 0 saturated heterocycles. The average molecular weight is 350 g/mol. The molecule has 0 atom stereocenters. The number of carbonyl (C=O) groups is 2. The molecule has 0 aromatic rings. The van der Waals surface area contributed by atoms with Crippen LogP contribution in [0.15, 0.2) is 0 Å². The topological polar surface area (TPSA) is 80.3 Å². The molecule has 0 rings (SSSR count). The fourth-order valence-electron chi connectivity index (χ4n) is 2.21. The third-order valence-electron chi connectivity index (χ3n) is 2.94. The minimum Gasteiger partial charge on any atom is -0.550 e. The zero-order chi connectivity index (χ0) is 16.7. The molecule has 0 saturated carbocycles. The summed E-state index contributed by atoms with van der Waals surface area (Å²) in [6.07, 6.45) is 1.35. The van der Waals surface area contributed by atoms with Gasteiger partial charge in [0.05, 0.1) is 0 Å². The molecule has 0 N–H and O–H groups in total. The van der Waals surface area contributed by atoms with E-state index in [1.165, 1.54) is 0 Å². The first-order valence-corrected chi connectivity index (χ1v) is 7.15. The van der Waals surface area contributed by atoms with Crippen LogP contribution in [0.3, 0.4) is 0 Å². The van der Waals surface area contributed by atoms with Crippen molar-refractivity contribution in [2.45, 2.75) is 68.2 Å². The summed E-state index contributed by atoms with van der Waals surface area (Å²) in [6.45, 7) is 14.8. The normalized spacial score (nSPS) is 11.5. The first-order chi connectivity index (χ1) is 8.72. The van der Waals surface area contributed by atoms with Crippen molar-refractivity contribution in [3.05, 3.63) is 0 Å². The molecule has 0 aromatic carbocycles. The van der Waals surface area contributed by atoms with E-state index in [-0.39, 0.29) is 17.1 Å². The molecule has 5 heteroatoms. The second kappa shape index (κ2) is 10.2. The number of aliphatic carboxylic acids is 2. The molecule has 0 aliphatic heterocycles. The van der Waals surface area contributed by atoms with Crippen LogP contribution < -0.4 is 10.2 Å². The Balaban J connectivity index is -0.000000295. The van der Waals surface area contributed by atoms with Gasteiger partial charge in [-0.1, -0.05) is 55.4 Å². The van der Waals surface area contributed by atoms with Gasteiger partial charge >= 0.3 is 17.1 Å². The monoisotopic (exact) mass is 349 g/mol. The van der Waals surface area contributed by atoms with Crippen molar-refractivity contribution >= 4 is 11.9 Å². The molecular formula is C16H30CuO4. The van der Waals surface area contributed by atoms with Crippen LogP contribution >= 0.6 is 0 Å². The molecule has 0 heterocycles. The van der Waals surface area contributed by atoms with E-state index in [0.29, 0.717) is 24.7 Å². The molecule has 0 fully saturated rings. The van der Waals surface area contributed by atoms with E-state index in [4.69, 9.17) is 0 Å². The SMILES string of the molecule is CC(C)CC(C)(C)C(=O)[O-].CC(C)CC(C)(C)C(=O)[O-].[Cu+2]. The summed E-state index contributed by atoms with van der Waals surface area (Å²) in [6, 6.07) is 0. The van der Waals surface area contributed by atoms with Gasteiger partial charge in [0.15, 0.2) is 0 Å². The zero-order valence-corrected chi connectivity index (χ0v) is 15.4. The number of hydrogen-bond donors (Lipinski definition) is 0. The molecule has 0 aromatic heterocycles.